The van der Waals surface area contributed by atoms with E-state index in [2.05, 4.69) is 0 Å². The van der Waals surface area contributed by atoms with Gasteiger partial charge < -0.3 is 14.6 Å². The van der Waals surface area contributed by atoms with Crippen molar-refractivity contribution in [2.75, 3.05) is 13.7 Å². The fourth-order valence-corrected chi connectivity index (χ4v) is 3.07. The van der Waals surface area contributed by atoms with Crippen molar-refractivity contribution in [2.45, 2.75) is 26.4 Å². The lowest BCUT2D eigenvalue weighted by molar-refractivity contribution is -0.144. The van der Waals surface area contributed by atoms with Crippen LogP contribution in [-0.2, 0) is 9.59 Å². The van der Waals surface area contributed by atoms with E-state index in [9.17, 15) is 14.4 Å². The van der Waals surface area contributed by atoms with Crippen LogP contribution < -0.4 is 9.47 Å². The second-order valence-electron chi connectivity index (χ2n) is 5.31. The maximum atomic E-state index is 12.4. The van der Waals surface area contributed by atoms with Crippen LogP contribution in [0.5, 0.6) is 11.5 Å². The van der Waals surface area contributed by atoms with Crippen LogP contribution in [0.4, 0.5) is 4.79 Å². The van der Waals surface area contributed by atoms with Gasteiger partial charge in [0.05, 0.1) is 12.0 Å². The van der Waals surface area contributed by atoms with Crippen LogP contribution in [0.1, 0.15) is 25.8 Å². The molecule has 2 rings (SSSR count). The van der Waals surface area contributed by atoms with Gasteiger partial charge in [-0.2, -0.15) is 0 Å². The Morgan fingerprint density at radius 2 is 2.12 bits per heavy atom. The third-order valence-electron chi connectivity index (χ3n) is 3.48. The molecule has 1 aromatic rings. The summed E-state index contributed by atoms with van der Waals surface area (Å²) < 4.78 is 10.7. The largest absolute Gasteiger partial charge is 0.493 e. The number of nitrogens with zero attached hydrogens (tertiary/aromatic N) is 1. The number of rotatable bonds is 7. The standard InChI is InChI=1S/C17H19NO6S/c1-4-8-18-15(19)13(25-17(18)22)9-11-6-5-7-12(23-3)14(11)24-10(2)16(20)21/h5-7,9-10H,4,8H2,1-3H3,(H,20,21)/b13-9-/t10-/m1/s1. The summed E-state index contributed by atoms with van der Waals surface area (Å²) in [6, 6.07) is 4.99. The second kappa shape index (κ2) is 8.06. The number of methoxy groups -OCH3 is 1. The average Bonchev–Trinajstić information content (AvgIpc) is 2.84. The molecule has 1 saturated heterocycles. The fraction of sp³-hybridized carbons (Fsp3) is 0.353. The lowest BCUT2D eigenvalue weighted by Crippen LogP contribution is -2.28. The number of aliphatic carboxylic acids is 1. The van der Waals surface area contributed by atoms with Gasteiger partial charge >= 0.3 is 5.97 Å². The number of thioether (sulfide) groups is 1. The zero-order valence-electron chi connectivity index (χ0n) is 14.1. The van der Waals surface area contributed by atoms with Crippen molar-refractivity contribution in [1.82, 2.24) is 4.90 Å². The molecule has 1 N–H and O–H groups in total. The number of ether oxygens (including phenoxy) is 2. The molecule has 1 fully saturated rings. The second-order valence-corrected chi connectivity index (χ2v) is 6.30. The smallest absolute Gasteiger partial charge is 0.344 e. The van der Waals surface area contributed by atoms with E-state index in [4.69, 9.17) is 14.6 Å². The minimum Gasteiger partial charge on any atom is -0.493 e. The van der Waals surface area contributed by atoms with Crippen LogP contribution in [0.3, 0.4) is 0 Å². The van der Waals surface area contributed by atoms with E-state index < -0.39 is 12.1 Å². The molecule has 0 unspecified atom stereocenters. The number of carbonyl (C=O) groups excluding carboxylic acids is 2. The van der Waals surface area contributed by atoms with Gasteiger partial charge in [-0.15, -0.1) is 0 Å². The van der Waals surface area contributed by atoms with E-state index in [1.807, 2.05) is 6.92 Å². The number of hydrogen-bond donors (Lipinski definition) is 1. The maximum Gasteiger partial charge on any atom is 0.344 e. The van der Waals surface area contributed by atoms with Crippen LogP contribution in [0.25, 0.3) is 6.08 Å². The van der Waals surface area contributed by atoms with Crippen molar-refractivity contribution < 1.29 is 29.0 Å². The third-order valence-corrected chi connectivity index (χ3v) is 4.39. The summed E-state index contributed by atoms with van der Waals surface area (Å²) in [4.78, 5) is 36.8. The van der Waals surface area contributed by atoms with Gasteiger partial charge in [0.1, 0.15) is 0 Å². The normalized spacial score (nSPS) is 17.1. The van der Waals surface area contributed by atoms with Crippen molar-refractivity contribution in [3.8, 4) is 11.5 Å². The summed E-state index contributed by atoms with van der Waals surface area (Å²) in [5, 5.41) is 8.74. The number of carboxylic acid groups (broad SMARTS) is 1. The van der Waals surface area contributed by atoms with Crippen molar-refractivity contribution in [2.24, 2.45) is 0 Å². The van der Waals surface area contributed by atoms with E-state index in [1.165, 1.54) is 25.0 Å². The summed E-state index contributed by atoms with van der Waals surface area (Å²) >= 11 is 0.850. The van der Waals surface area contributed by atoms with Crippen molar-refractivity contribution >= 4 is 35.0 Å². The number of carbonyl (C=O) groups is 3. The Bertz CT molecular complexity index is 730. The lowest BCUT2D eigenvalue weighted by Gasteiger charge is -2.16. The lowest BCUT2D eigenvalue weighted by atomic mass is 10.1. The first-order valence-corrected chi connectivity index (χ1v) is 8.52. The molecule has 134 valence electrons. The number of carboxylic acids is 1. The average molecular weight is 365 g/mol. The summed E-state index contributed by atoms with van der Waals surface area (Å²) in [5.74, 6) is -0.936. The van der Waals surface area contributed by atoms with Gasteiger partial charge in [-0.25, -0.2) is 4.79 Å². The van der Waals surface area contributed by atoms with Crippen LogP contribution in [0.2, 0.25) is 0 Å². The first-order valence-electron chi connectivity index (χ1n) is 7.70. The van der Waals surface area contributed by atoms with Gasteiger partial charge in [0.25, 0.3) is 11.1 Å². The van der Waals surface area contributed by atoms with Gasteiger partial charge in [-0.05, 0) is 37.2 Å². The Hall–Kier alpha value is -2.48. The van der Waals surface area contributed by atoms with E-state index in [-0.39, 0.29) is 21.8 Å². The Balaban J connectivity index is 2.41. The molecule has 1 heterocycles. The molecule has 25 heavy (non-hydrogen) atoms. The first-order chi connectivity index (χ1) is 11.9. The molecule has 0 aromatic heterocycles. The molecule has 0 spiro atoms. The SMILES string of the molecule is CCCN1C(=O)S/C(=C\c2cccc(OC)c2O[C@H](C)C(=O)O)C1=O. The van der Waals surface area contributed by atoms with Gasteiger partial charge in [0.2, 0.25) is 0 Å². The molecule has 1 atom stereocenters. The van der Waals surface area contributed by atoms with Gasteiger partial charge in [0.15, 0.2) is 17.6 Å². The number of imide groups is 1. The Kier molecular flexibility index (Phi) is 6.08. The Morgan fingerprint density at radius 3 is 2.72 bits per heavy atom. The molecule has 0 bridgehead atoms. The topological polar surface area (TPSA) is 93.1 Å². The number of amides is 2. The highest BCUT2D eigenvalue weighted by atomic mass is 32.2. The highest BCUT2D eigenvalue weighted by Crippen LogP contribution is 2.37. The molecule has 0 radical (unpaired) electrons. The maximum absolute atomic E-state index is 12.4. The molecule has 0 aliphatic carbocycles. The fourth-order valence-electron chi connectivity index (χ4n) is 2.22. The van der Waals surface area contributed by atoms with E-state index in [0.717, 1.165) is 11.8 Å². The van der Waals surface area contributed by atoms with Crippen molar-refractivity contribution in [1.29, 1.82) is 0 Å². The first kappa shape index (κ1) is 18.9. The molecule has 1 aliphatic heterocycles. The van der Waals surface area contributed by atoms with Crippen molar-refractivity contribution in [3.05, 3.63) is 28.7 Å². The minimum atomic E-state index is -1.12. The van der Waals surface area contributed by atoms with E-state index in [1.54, 1.807) is 18.2 Å². The summed E-state index contributed by atoms with van der Waals surface area (Å²) in [6.45, 7) is 3.64. The molecular formula is C17H19NO6S. The van der Waals surface area contributed by atoms with Gasteiger partial charge in [-0.3, -0.25) is 14.5 Å². The van der Waals surface area contributed by atoms with Crippen molar-refractivity contribution in [3.63, 3.8) is 0 Å². The van der Waals surface area contributed by atoms with Gasteiger partial charge in [-0.1, -0.05) is 19.1 Å². The molecule has 8 heteroatoms. The van der Waals surface area contributed by atoms with E-state index >= 15 is 0 Å². The van der Waals surface area contributed by atoms with Crippen LogP contribution in [0.15, 0.2) is 23.1 Å². The highest BCUT2D eigenvalue weighted by molar-refractivity contribution is 8.18. The number of hydrogen-bond acceptors (Lipinski definition) is 6. The summed E-state index contributed by atoms with van der Waals surface area (Å²) in [5.41, 5.74) is 0.467. The number of para-hydroxylation sites is 1. The van der Waals surface area contributed by atoms with E-state index in [0.29, 0.717) is 24.3 Å². The molecule has 2 amide bonds. The Labute approximate surface area is 149 Å². The summed E-state index contributed by atoms with van der Waals surface area (Å²) in [7, 11) is 1.44. The predicted molar refractivity (Wildman–Crippen MR) is 93.7 cm³/mol. The molecular weight excluding hydrogens is 346 g/mol. The van der Waals surface area contributed by atoms with Gasteiger partial charge in [0, 0.05) is 12.1 Å². The molecule has 1 aromatic carbocycles. The highest BCUT2D eigenvalue weighted by Gasteiger charge is 2.34. The molecule has 0 saturated carbocycles. The minimum absolute atomic E-state index is 0.210. The molecule has 1 aliphatic rings. The van der Waals surface area contributed by atoms with Crippen LogP contribution >= 0.6 is 11.8 Å². The predicted octanol–water partition coefficient (Wildman–Crippen LogP) is 2.99. The zero-order chi connectivity index (χ0) is 18.6. The number of benzene rings is 1. The molecule has 7 nitrogen and oxygen atoms in total. The quantitative estimate of drug-likeness (QED) is 0.742. The van der Waals surface area contributed by atoms with Crippen LogP contribution in [0, 0.1) is 0 Å². The van der Waals surface area contributed by atoms with Crippen LogP contribution in [-0.4, -0.2) is 46.9 Å². The Morgan fingerprint density at radius 1 is 1.40 bits per heavy atom. The third kappa shape index (κ3) is 4.14. The monoisotopic (exact) mass is 365 g/mol. The zero-order valence-corrected chi connectivity index (χ0v) is 15.0. The summed E-state index contributed by atoms with van der Waals surface area (Å²) in [6.07, 6.45) is 1.10.